The van der Waals surface area contributed by atoms with Crippen LogP contribution in [0, 0.1) is 0 Å². The van der Waals surface area contributed by atoms with Gasteiger partial charge in [0.1, 0.15) is 5.83 Å². The molecule has 0 aliphatic carbocycles. The van der Waals surface area contributed by atoms with Gasteiger partial charge in [-0.3, -0.25) is 4.90 Å². The van der Waals surface area contributed by atoms with E-state index in [-0.39, 0.29) is 5.83 Å². The van der Waals surface area contributed by atoms with Gasteiger partial charge in [0.2, 0.25) is 0 Å². The highest BCUT2D eigenvalue weighted by Gasteiger charge is 2.27. The maximum atomic E-state index is 13.4. The normalized spacial score (nSPS) is 22.4. The highest BCUT2D eigenvalue weighted by molar-refractivity contribution is 5.26. The van der Waals surface area contributed by atoms with Crippen LogP contribution in [0.1, 0.15) is 26.2 Å². The minimum Gasteiger partial charge on any atom is -0.385 e. The first-order valence-corrected chi connectivity index (χ1v) is 8.03. The molecule has 0 saturated heterocycles. The van der Waals surface area contributed by atoms with Crippen molar-refractivity contribution in [1.82, 2.24) is 15.1 Å². The van der Waals surface area contributed by atoms with Gasteiger partial charge in [-0.15, -0.1) is 6.58 Å². The van der Waals surface area contributed by atoms with E-state index in [1.807, 2.05) is 6.08 Å². The van der Waals surface area contributed by atoms with Gasteiger partial charge in [0.25, 0.3) is 0 Å². The van der Waals surface area contributed by atoms with Gasteiger partial charge in [-0.2, -0.15) is 0 Å². The van der Waals surface area contributed by atoms with Crippen molar-refractivity contribution >= 4 is 0 Å². The summed E-state index contributed by atoms with van der Waals surface area (Å²) in [5.41, 5.74) is 3.98. The largest absolute Gasteiger partial charge is 0.385 e. The number of dihydropyridines is 1. The lowest BCUT2D eigenvalue weighted by atomic mass is 9.92. The van der Waals surface area contributed by atoms with Crippen molar-refractivity contribution in [3.63, 3.8) is 0 Å². The van der Waals surface area contributed by atoms with E-state index in [2.05, 4.69) is 42.7 Å². The van der Waals surface area contributed by atoms with Crippen LogP contribution in [0.3, 0.4) is 0 Å². The molecule has 1 atom stereocenters. The molecule has 1 N–H and O–H groups in total. The number of nitrogens with zero attached hydrogens (tertiary/aromatic N) is 2. The maximum absolute atomic E-state index is 13.4. The molecule has 0 aromatic rings. The molecular weight excluding hydrogens is 277 g/mol. The quantitative estimate of drug-likeness (QED) is 0.760. The number of rotatable bonds is 6. The average molecular weight is 305 g/mol. The summed E-state index contributed by atoms with van der Waals surface area (Å²) >= 11 is 0. The third-order valence-corrected chi connectivity index (χ3v) is 4.69. The topological polar surface area (TPSA) is 18.5 Å². The zero-order valence-corrected chi connectivity index (χ0v) is 14.0. The van der Waals surface area contributed by atoms with E-state index in [1.54, 1.807) is 6.08 Å². The maximum Gasteiger partial charge on any atom is 0.138 e. The lowest BCUT2D eigenvalue weighted by molar-refractivity contribution is 0.225. The molecule has 122 valence electrons. The second kappa shape index (κ2) is 7.63. The first-order chi connectivity index (χ1) is 10.5. The summed E-state index contributed by atoms with van der Waals surface area (Å²) in [6.07, 6.45) is 8.25. The van der Waals surface area contributed by atoms with Crippen molar-refractivity contribution in [3.8, 4) is 0 Å². The zero-order chi connectivity index (χ0) is 16.1. The molecular formula is C18H28FN3. The summed E-state index contributed by atoms with van der Waals surface area (Å²) in [7, 11) is 4.31. The van der Waals surface area contributed by atoms with Crippen LogP contribution in [-0.4, -0.2) is 49.6 Å². The van der Waals surface area contributed by atoms with Gasteiger partial charge in [0.05, 0.1) is 0 Å². The Hall–Kier alpha value is -1.55. The van der Waals surface area contributed by atoms with Crippen molar-refractivity contribution in [2.24, 2.45) is 0 Å². The summed E-state index contributed by atoms with van der Waals surface area (Å²) in [5.74, 6) is -0.184. The van der Waals surface area contributed by atoms with Gasteiger partial charge in [-0.1, -0.05) is 6.08 Å². The number of halogens is 1. The van der Waals surface area contributed by atoms with Crippen LogP contribution in [0.5, 0.6) is 0 Å². The molecule has 2 rings (SSSR count). The molecule has 0 aromatic heterocycles. The smallest absolute Gasteiger partial charge is 0.138 e. The van der Waals surface area contributed by atoms with Crippen LogP contribution in [0.4, 0.5) is 4.39 Å². The van der Waals surface area contributed by atoms with Crippen molar-refractivity contribution in [3.05, 3.63) is 47.6 Å². The van der Waals surface area contributed by atoms with Crippen molar-refractivity contribution in [1.29, 1.82) is 0 Å². The standard InChI is InChI=1S/C18H28FN3/c1-5-6-7-17-14(2)21(3)9-8-18(17)22(4)13-15-10-16(19)12-20-11-15/h5,10,12,18,20H,1,6-9,11,13H2,2-4H3. The number of allylic oxidation sites excluding steroid dienone is 4. The molecule has 22 heavy (non-hydrogen) atoms. The molecule has 2 heterocycles. The number of nitrogens with one attached hydrogen (secondary N) is 1. The minimum atomic E-state index is -0.184. The Morgan fingerprint density at radius 2 is 2.32 bits per heavy atom. The highest BCUT2D eigenvalue weighted by atomic mass is 19.1. The van der Waals surface area contributed by atoms with Crippen LogP contribution < -0.4 is 5.32 Å². The van der Waals surface area contributed by atoms with Crippen molar-refractivity contribution < 1.29 is 4.39 Å². The summed E-state index contributed by atoms with van der Waals surface area (Å²) in [6, 6.07) is 0.436. The molecule has 3 nitrogen and oxygen atoms in total. The first kappa shape index (κ1) is 16.8. The second-order valence-electron chi connectivity index (χ2n) is 6.29. The van der Waals surface area contributed by atoms with Crippen LogP contribution in [0.25, 0.3) is 0 Å². The predicted octanol–water partition coefficient (Wildman–Crippen LogP) is 3.20. The summed E-state index contributed by atoms with van der Waals surface area (Å²) in [4.78, 5) is 4.70. The Balaban J connectivity index is 2.11. The summed E-state index contributed by atoms with van der Waals surface area (Å²) in [5, 5.41) is 2.99. The molecule has 0 saturated carbocycles. The van der Waals surface area contributed by atoms with Gasteiger partial charge >= 0.3 is 0 Å². The molecule has 0 aromatic carbocycles. The molecule has 0 amide bonds. The number of hydrogen-bond donors (Lipinski definition) is 1. The predicted molar refractivity (Wildman–Crippen MR) is 91.1 cm³/mol. The number of likely N-dealkylation sites (N-methyl/N-ethyl adjacent to an activating group) is 1. The third kappa shape index (κ3) is 4.01. The highest BCUT2D eigenvalue weighted by Crippen LogP contribution is 2.29. The van der Waals surface area contributed by atoms with Gasteiger partial charge in [0, 0.05) is 44.6 Å². The Morgan fingerprint density at radius 3 is 3.00 bits per heavy atom. The van der Waals surface area contributed by atoms with E-state index >= 15 is 0 Å². The van der Waals surface area contributed by atoms with Crippen LogP contribution in [0.15, 0.2) is 47.6 Å². The van der Waals surface area contributed by atoms with Crippen molar-refractivity contribution in [2.75, 3.05) is 33.7 Å². The lowest BCUT2D eigenvalue weighted by Gasteiger charge is -2.39. The summed E-state index contributed by atoms with van der Waals surface area (Å²) < 4.78 is 13.4. The fraction of sp³-hybridized carbons (Fsp3) is 0.556. The SMILES string of the molecule is C=CCCC1=C(C)N(C)CCC1N(C)CC1=CC(F)=CNC1. The number of hydrogen-bond acceptors (Lipinski definition) is 3. The molecule has 0 bridgehead atoms. The van der Waals surface area contributed by atoms with Gasteiger partial charge in [0.15, 0.2) is 0 Å². The molecule has 2 aliphatic rings. The van der Waals surface area contributed by atoms with E-state index in [0.29, 0.717) is 6.04 Å². The Morgan fingerprint density at radius 1 is 1.55 bits per heavy atom. The van der Waals surface area contributed by atoms with Crippen LogP contribution in [-0.2, 0) is 0 Å². The fourth-order valence-electron chi connectivity index (χ4n) is 3.34. The zero-order valence-electron chi connectivity index (χ0n) is 14.0. The first-order valence-electron chi connectivity index (χ1n) is 8.03. The Labute approximate surface area is 133 Å². The molecule has 2 aliphatic heterocycles. The van der Waals surface area contributed by atoms with E-state index in [1.165, 1.54) is 17.5 Å². The van der Waals surface area contributed by atoms with E-state index in [0.717, 1.165) is 44.5 Å². The van der Waals surface area contributed by atoms with E-state index < -0.39 is 0 Å². The van der Waals surface area contributed by atoms with Gasteiger partial charge in [-0.25, -0.2) is 4.39 Å². The summed E-state index contributed by atoms with van der Waals surface area (Å²) in [6.45, 7) is 8.66. The van der Waals surface area contributed by atoms with Crippen LogP contribution >= 0.6 is 0 Å². The van der Waals surface area contributed by atoms with Gasteiger partial charge in [-0.05, 0) is 50.5 Å². The van der Waals surface area contributed by atoms with Crippen molar-refractivity contribution in [2.45, 2.75) is 32.2 Å². The molecule has 0 radical (unpaired) electrons. The molecule has 1 unspecified atom stereocenters. The Kier molecular flexibility index (Phi) is 5.83. The fourth-order valence-corrected chi connectivity index (χ4v) is 3.34. The van der Waals surface area contributed by atoms with Crippen LogP contribution in [0.2, 0.25) is 0 Å². The lowest BCUT2D eigenvalue weighted by Crippen LogP contribution is -2.42. The second-order valence-corrected chi connectivity index (χ2v) is 6.29. The third-order valence-electron chi connectivity index (χ3n) is 4.69. The Bertz CT molecular complexity index is 504. The molecule has 0 fully saturated rings. The van der Waals surface area contributed by atoms with E-state index in [4.69, 9.17) is 0 Å². The monoisotopic (exact) mass is 305 g/mol. The molecule has 4 heteroatoms. The minimum absolute atomic E-state index is 0.184. The van der Waals surface area contributed by atoms with E-state index in [9.17, 15) is 4.39 Å². The molecule has 0 spiro atoms. The average Bonchev–Trinajstić information content (AvgIpc) is 2.48. The van der Waals surface area contributed by atoms with Gasteiger partial charge < -0.3 is 10.2 Å².